The Labute approximate surface area is 173 Å². The highest BCUT2D eigenvalue weighted by Crippen LogP contribution is 2.03. The summed E-state index contributed by atoms with van der Waals surface area (Å²) in [6.45, 7) is -0.540. The fourth-order valence-electron chi connectivity index (χ4n) is 1.91. The van der Waals surface area contributed by atoms with Crippen molar-refractivity contribution < 1.29 is 24.3 Å². The standard InChI is InChI=1S/C15H28N4O5S3/c1-26-5-3-9(16)13(22)19-11(8-25)15(24)18-10(4-6-27-2)14(23)17-7-12(20)21/h9-11,25H,3-8,16H2,1-2H3,(H,17,23)(H,18,24)(H,19,22)(H,20,21). The van der Waals surface area contributed by atoms with E-state index in [-0.39, 0.29) is 5.75 Å². The lowest BCUT2D eigenvalue weighted by Crippen LogP contribution is -2.56. The molecule has 6 N–H and O–H groups in total. The first-order valence-electron chi connectivity index (χ1n) is 8.21. The lowest BCUT2D eigenvalue weighted by atomic mass is 10.1. The molecule has 27 heavy (non-hydrogen) atoms. The average molecular weight is 441 g/mol. The molecule has 0 rings (SSSR count). The van der Waals surface area contributed by atoms with Crippen LogP contribution in [0.2, 0.25) is 0 Å². The van der Waals surface area contributed by atoms with E-state index in [4.69, 9.17) is 10.8 Å². The van der Waals surface area contributed by atoms with Gasteiger partial charge in [-0.2, -0.15) is 36.2 Å². The van der Waals surface area contributed by atoms with Gasteiger partial charge in [0.15, 0.2) is 0 Å². The number of thiol groups is 1. The van der Waals surface area contributed by atoms with Crippen molar-refractivity contribution in [3.63, 3.8) is 0 Å². The lowest BCUT2D eigenvalue weighted by Gasteiger charge is -2.23. The van der Waals surface area contributed by atoms with E-state index in [1.54, 1.807) is 11.8 Å². The number of thioether (sulfide) groups is 2. The van der Waals surface area contributed by atoms with Crippen LogP contribution >= 0.6 is 36.2 Å². The van der Waals surface area contributed by atoms with Crippen molar-refractivity contribution in [2.45, 2.75) is 31.0 Å². The molecule has 0 fully saturated rings. The number of aliphatic carboxylic acids is 1. The molecule has 3 amide bonds. The van der Waals surface area contributed by atoms with E-state index in [1.165, 1.54) is 11.8 Å². The summed E-state index contributed by atoms with van der Waals surface area (Å²) in [6, 6.07) is -2.60. The minimum absolute atomic E-state index is 0.0266. The van der Waals surface area contributed by atoms with Crippen LogP contribution in [-0.4, -0.2) is 83.2 Å². The van der Waals surface area contributed by atoms with Crippen molar-refractivity contribution in [1.29, 1.82) is 0 Å². The third-order valence-corrected chi connectivity index (χ3v) is 5.10. The molecule has 0 aromatic carbocycles. The zero-order valence-electron chi connectivity index (χ0n) is 15.4. The van der Waals surface area contributed by atoms with Crippen molar-refractivity contribution in [3.8, 4) is 0 Å². The number of nitrogens with two attached hydrogens (primary N) is 1. The molecule has 0 aliphatic carbocycles. The summed E-state index contributed by atoms with van der Waals surface area (Å²) < 4.78 is 0. The molecule has 0 aromatic heterocycles. The Kier molecular flexibility index (Phi) is 14.3. The molecule has 0 saturated heterocycles. The van der Waals surface area contributed by atoms with Gasteiger partial charge in [0.25, 0.3) is 0 Å². The summed E-state index contributed by atoms with van der Waals surface area (Å²) in [4.78, 5) is 47.2. The summed E-state index contributed by atoms with van der Waals surface area (Å²) in [6.07, 6.45) is 4.54. The molecule has 3 unspecified atom stereocenters. The van der Waals surface area contributed by atoms with Crippen molar-refractivity contribution in [1.82, 2.24) is 16.0 Å². The Bertz CT molecular complexity index is 510. The predicted molar refractivity (Wildman–Crippen MR) is 112 cm³/mol. The van der Waals surface area contributed by atoms with Gasteiger partial charge >= 0.3 is 5.97 Å². The van der Waals surface area contributed by atoms with E-state index in [2.05, 4.69) is 28.6 Å². The zero-order valence-corrected chi connectivity index (χ0v) is 17.9. The predicted octanol–water partition coefficient (Wildman–Crippen LogP) is -1.08. The first-order chi connectivity index (χ1) is 12.8. The second kappa shape index (κ2) is 14.9. The Hall–Kier alpha value is -1.11. The van der Waals surface area contributed by atoms with Gasteiger partial charge in [-0.05, 0) is 36.9 Å². The van der Waals surface area contributed by atoms with Crippen molar-refractivity contribution in [2.75, 3.05) is 36.3 Å². The van der Waals surface area contributed by atoms with E-state index in [0.717, 1.165) is 0 Å². The highest BCUT2D eigenvalue weighted by molar-refractivity contribution is 7.98. The summed E-state index contributed by atoms with van der Waals surface area (Å²) in [5.74, 6) is -1.49. The van der Waals surface area contributed by atoms with Crippen LogP contribution in [0.15, 0.2) is 0 Å². The molecule has 9 nitrogen and oxygen atoms in total. The van der Waals surface area contributed by atoms with Crippen LogP contribution in [0.25, 0.3) is 0 Å². The van der Waals surface area contributed by atoms with Crippen molar-refractivity contribution in [2.24, 2.45) is 5.73 Å². The van der Waals surface area contributed by atoms with Crippen LogP contribution in [0.5, 0.6) is 0 Å². The van der Waals surface area contributed by atoms with Crippen molar-refractivity contribution >= 4 is 59.8 Å². The number of rotatable bonds is 14. The monoisotopic (exact) mass is 440 g/mol. The van der Waals surface area contributed by atoms with Gasteiger partial charge in [-0.1, -0.05) is 0 Å². The molecule has 0 aromatic rings. The fourth-order valence-corrected chi connectivity index (χ4v) is 3.13. The number of hydrogen-bond donors (Lipinski definition) is 6. The lowest BCUT2D eigenvalue weighted by molar-refractivity contribution is -0.138. The van der Waals surface area contributed by atoms with E-state index in [0.29, 0.717) is 24.3 Å². The molecule has 0 heterocycles. The Balaban J connectivity index is 4.85. The number of carboxylic acids is 1. The van der Waals surface area contributed by atoms with Gasteiger partial charge in [-0.25, -0.2) is 0 Å². The number of carbonyl (C=O) groups excluding carboxylic acids is 3. The molecule has 0 saturated carbocycles. The van der Waals surface area contributed by atoms with Crippen molar-refractivity contribution in [3.05, 3.63) is 0 Å². The Morgan fingerprint density at radius 2 is 1.52 bits per heavy atom. The molecule has 0 aliphatic rings. The van der Waals surface area contributed by atoms with E-state index < -0.39 is 48.4 Å². The first-order valence-corrected chi connectivity index (χ1v) is 11.6. The second-order valence-corrected chi connectivity index (χ2v) is 7.92. The third kappa shape index (κ3) is 11.4. The van der Waals surface area contributed by atoms with Crippen LogP contribution in [-0.2, 0) is 19.2 Å². The minimum atomic E-state index is -1.18. The fraction of sp³-hybridized carbons (Fsp3) is 0.733. The average Bonchev–Trinajstić information content (AvgIpc) is 2.64. The molecule has 0 spiro atoms. The molecular formula is C15H28N4O5S3. The summed E-state index contributed by atoms with van der Waals surface area (Å²) in [7, 11) is 0. The number of amides is 3. The van der Waals surface area contributed by atoms with Gasteiger partial charge in [0, 0.05) is 5.75 Å². The van der Waals surface area contributed by atoms with Crippen LogP contribution in [0.3, 0.4) is 0 Å². The molecule has 3 atom stereocenters. The van der Waals surface area contributed by atoms with Gasteiger partial charge in [-0.15, -0.1) is 0 Å². The zero-order chi connectivity index (χ0) is 20.8. The number of nitrogens with one attached hydrogen (secondary N) is 3. The van der Waals surface area contributed by atoms with E-state index in [9.17, 15) is 19.2 Å². The summed E-state index contributed by atoms with van der Waals surface area (Å²) in [5, 5.41) is 16.0. The number of carbonyl (C=O) groups is 4. The van der Waals surface area contributed by atoms with Crippen LogP contribution in [0.1, 0.15) is 12.8 Å². The largest absolute Gasteiger partial charge is 0.480 e. The highest BCUT2D eigenvalue weighted by atomic mass is 32.2. The van der Waals surface area contributed by atoms with Crippen LogP contribution in [0, 0.1) is 0 Å². The van der Waals surface area contributed by atoms with Gasteiger partial charge < -0.3 is 26.8 Å². The van der Waals surface area contributed by atoms with Gasteiger partial charge in [-0.3, -0.25) is 19.2 Å². The van der Waals surface area contributed by atoms with Gasteiger partial charge in [0.2, 0.25) is 17.7 Å². The maximum absolute atomic E-state index is 12.4. The normalized spacial score (nSPS) is 13.9. The summed E-state index contributed by atoms with van der Waals surface area (Å²) in [5.41, 5.74) is 5.79. The second-order valence-electron chi connectivity index (χ2n) is 5.59. The van der Waals surface area contributed by atoms with Crippen LogP contribution in [0.4, 0.5) is 0 Å². The summed E-state index contributed by atoms with van der Waals surface area (Å²) >= 11 is 7.12. The smallest absolute Gasteiger partial charge is 0.322 e. The first kappa shape index (κ1) is 25.9. The van der Waals surface area contributed by atoms with E-state index in [1.807, 2.05) is 12.5 Å². The van der Waals surface area contributed by atoms with Gasteiger partial charge in [0.05, 0.1) is 6.04 Å². The van der Waals surface area contributed by atoms with Crippen LogP contribution < -0.4 is 21.7 Å². The number of hydrogen-bond acceptors (Lipinski definition) is 8. The molecule has 0 aliphatic heterocycles. The third-order valence-electron chi connectivity index (χ3n) is 3.44. The van der Waals surface area contributed by atoms with Gasteiger partial charge in [0.1, 0.15) is 18.6 Å². The highest BCUT2D eigenvalue weighted by Gasteiger charge is 2.27. The quantitative estimate of drug-likeness (QED) is 0.187. The Morgan fingerprint density at radius 1 is 0.963 bits per heavy atom. The molecular weight excluding hydrogens is 412 g/mol. The molecule has 12 heteroatoms. The molecule has 0 radical (unpaired) electrons. The van der Waals surface area contributed by atoms with E-state index >= 15 is 0 Å². The SMILES string of the molecule is CSCCC(N)C(=O)NC(CS)C(=O)NC(CCSC)C(=O)NCC(=O)O. The number of carboxylic acid groups (broad SMARTS) is 1. The Morgan fingerprint density at radius 3 is 2.04 bits per heavy atom. The maximum atomic E-state index is 12.4. The maximum Gasteiger partial charge on any atom is 0.322 e. The molecule has 156 valence electrons. The topological polar surface area (TPSA) is 151 Å². The molecule has 0 bridgehead atoms. The minimum Gasteiger partial charge on any atom is -0.480 e.